The van der Waals surface area contributed by atoms with Gasteiger partial charge in [-0.25, -0.2) is 0 Å². The standard InChI is InChI=1S/C13H27NOS/c1-4-11(3)16(15)10-13(14-5-2)12-8-6-7-9-12/h11-14H,4-10H2,1-3H3. The van der Waals surface area contributed by atoms with Crippen molar-refractivity contribution >= 4 is 10.8 Å². The highest BCUT2D eigenvalue weighted by Crippen LogP contribution is 2.28. The maximum absolute atomic E-state index is 12.1. The largest absolute Gasteiger partial charge is 0.313 e. The Morgan fingerprint density at radius 2 is 1.94 bits per heavy atom. The van der Waals surface area contributed by atoms with Gasteiger partial charge in [0.15, 0.2) is 0 Å². The highest BCUT2D eigenvalue weighted by Gasteiger charge is 2.26. The van der Waals surface area contributed by atoms with Gasteiger partial charge in [0, 0.05) is 27.8 Å². The van der Waals surface area contributed by atoms with E-state index in [0.29, 0.717) is 11.3 Å². The van der Waals surface area contributed by atoms with Crippen molar-refractivity contribution in [2.24, 2.45) is 5.92 Å². The van der Waals surface area contributed by atoms with Crippen molar-refractivity contribution in [2.75, 3.05) is 12.3 Å². The van der Waals surface area contributed by atoms with E-state index in [1.54, 1.807) is 0 Å². The Morgan fingerprint density at radius 1 is 1.31 bits per heavy atom. The van der Waals surface area contributed by atoms with Crippen LogP contribution in [0.15, 0.2) is 0 Å². The topological polar surface area (TPSA) is 29.1 Å². The average Bonchev–Trinajstić information content (AvgIpc) is 2.80. The summed E-state index contributed by atoms with van der Waals surface area (Å²) in [7, 11) is -0.655. The van der Waals surface area contributed by atoms with Crippen LogP contribution in [-0.4, -0.2) is 27.8 Å². The van der Waals surface area contributed by atoms with E-state index in [1.807, 2.05) is 0 Å². The zero-order chi connectivity index (χ0) is 12.0. The second-order valence-electron chi connectivity index (χ2n) is 4.97. The molecule has 0 radical (unpaired) electrons. The monoisotopic (exact) mass is 245 g/mol. The van der Waals surface area contributed by atoms with Crippen LogP contribution in [0.2, 0.25) is 0 Å². The Balaban J connectivity index is 2.46. The number of rotatable bonds is 7. The van der Waals surface area contributed by atoms with E-state index in [9.17, 15) is 4.21 Å². The summed E-state index contributed by atoms with van der Waals surface area (Å²) in [6, 6.07) is 0.488. The van der Waals surface area contributed by atoms with Crippen molar-refractivity contribution in [1.29, 1.82) is 0 Å². The molecule has 0 amide bonds. The lowest BCUT2D eigenvalue weighted by molar-refractivity contribution is 0.391. The van der Waals surface area contributed by atoms with Crippen molar-refractivity contribution < 1.29 is 4.21 Å². The molecule has 3 unspecified atom stereocenters. The van der Waals surface area contributed by atoms with Gasteiger partial charge in [-0.2, -0.15) is 0 Å². The summed E-state index contributed by atoms with van der Waals surface area (Å²) < 4.78 is 12.1. The van der Waals surface area contributed by atoms with Crippen molar-refractivity contribution in [3.8, 4) is 0 Å². The number of nitrogens with one attached hydrogen (secondary N) is 1. The first kappa shape index (κ1) is 14.2. The Morgan fingerprint density at radius 3 is 2.44 bits per heavy atom. The minimum absolute atomic E-state index is 0.350. The van der Waals surface area contributed by atoms with E-state index in [1.165, 1.54) is 25.7 Å². The zero-order valence-corrected chi connectivity index (χ0v) is 11.8. The van der Waals surface area contributed by atoms with Gasteiger partial charge in [0.2, 0.25) is 0 Å². The van der Waals surface area contributed by atoms with Crippen LogP contribution in [0.4, 0.5) is 0 Å². The molecule has 3 atom stereocenters. The SMILES string of the molecule is CCNC(CS(=O)C(C)CC)C1CCCC1. The van der Waals surface area contributed by atoms with Crippen LogP contribution in [0, 0.1) is 5.92 Å². The summed E-state index contributed by atoms with van der Waals surface area (Å²) in [5.41, 5.74) is 0. The molecular weight excluding hydrogens is 218 g/mol. The van der Waals surface area contributed by atoms with Gasteiger partial charge >= 0.3 is 0 Å². The van der Waals surface area contributed by atoms with Crippen LogP contribution in [0.3, 0.4) is 0 Å². The molecule has 0 saturated heterocycles. The summed E-state index contributed by atoms with van der Waals surface area (Å²) in [6.45, 7) is 7.38. The number of hydrogen-bond donors (Lipinski definition) is 1. The van der Waals surface area contributed by atoms with Crippen molar-refractivity contribution in [3.63, 3.8) is 0 Å². The molecule has 0 aromatic heterocycles. The summed E-state index contributed by atoms with van der Waals surface area (Å²) in [6.07, 6.45) is 6.41. The predicted molar refractivity (Wildman–Crippen MR) is 72.2 cm³/mol. The molecule has 1 saturated carbocycles. The molecule has 0 aromatic carbocycles. The van der Waals surface area contributed by atoms with Crippen molar-refractivity contribution in [2.45, 2.75) is 64.2 Å². The molecule has 1 fully saturated rings. The first-order valence-electron chi connectivity index (χ1n) is 6.79. The summed E-state index contributed by atoms with van der Waals surface area (Å²) in [5.74, 6) is 1.63. The van der Waals surface area contributed by atoms with Gasteiger partial charge in [0.05, 0.1) is 0 Å². The summed E-state index contributed by atoms with van der Waals surface area (Å²) >= 11 is 0. The molecule has 0 heterocycles. The van der Waals surface area contributed by atoms with Gasteiger partial charge in [-0.15, -0.1) is 0 Å². The Hall–Kier alpha value is 0.110. The van der Waals surface area contributed by atoms with Crippen LogP contribution >= 0.6 is 0 Å². The highest BCUT2D eigenvalue weighted by molar-refractivity contribution is 7.85. The Bertz CT molecular complexity index is 214. The molecular formula is C13H27NOS. The van der Waals surface area contributed by atoms with Crippen molar-refractivity contribution in [3.05, 3.63) is 0 Å². The molecule has 0 aromatic rings. The molecule has 0 bridgehead atoms. The third-order valence-corrected chi connectivity index (χ3v) is 5.72. The van der Waals surface area contributed by atoms with Gasteiger partial charge in [0.1, 0.15) is 0 Å². The van der Waals surface area contributed by atoms with E-state index < -0.39 is 10.8 Å². The maximum Gasteiger partial charge on any atom is 0.0394 e. The minimum Gasteiger partial charge on any atom is -0.313 e. The smallest absolute Gasteiger partial charge is 0.0394 e. The molecule has 0 spiro atoms. The van der Waals surface area contributed by atoms with Gasteiger partial charge in [0.25, 0.3) is 0 Å². The number of hydrogen-bond acceptors (Lipinski definition) is 2. The van der Waals surface area contributed by atoms with Crippen molar-refractivity contribution in [1.82, 2.24) is 5.32 Å². The first-order chi connectivity index (χ1) is 7.69. The quantitative estimate of drug-likeness (QED) is 0.747. The van der Waals surface area contributed by atoms with E-state index in [-0.39, 0.29) is 0 Å². The second kappa shape index (κ2) is 7.44. The fourth-order valence-electron chi connectivity index (χ4n) is 2.51. The normalized spacial score (nSPS) is 23.2. The predicted octanol–water partition coefficient (Wildman–Crippen LogP) is 2.70. The van der Waals surface area contributed by atoms with Gasteiger partial charge in [-0.3, -0.25) is 4.21 Å². The second-order valence-corrected chi connectivity index (χ2v) is 6.87. The fraction of sp³-hybridized carbons (Fsp3) is 1.00. The van der Waals surface area contributed by atoms with Gasteiger partial charge in [-0.05, 0) is 31.7 Å². The van der Waals surface area contributed by atoms with Crippen LogP contribution in [0.5, 0.6) is 0 Å². The highest BCUT2D eigenvalue weighted by atomic mass is 32.2. The third-order valence-electron chi connectivity index (χ3n) is 3.80. The molecule has 1 N–H and O–H groups in total. The lowest BCUT2D eigenvalue weighted by Crippen LogP contribution is -2.40. The summed E-state index contributed by atoms with van der Waals surface area (Å²) in [5, 5.41) is 3.89. The van der Waals surface area contributed by atoms with E-state index in [4.69, 9.17) is 0 Å². The lowest BCUT2D eigenvalue weighted by Gasteiger charge is -2.25. The Kier molecular flexibility index (Phi) is 6.59. The minimum atomic E-state index is -0.655. The third kappa shape index (κ3) is 4.17. The molecule has 0 aliphatic heterocycles. The van der Waals surface area contributed by atoms with E-state index in [0.717, 1.165) is 24.6 Å². The molecule has 2 nitrogen and oxygen atoms in total. The molecule has 16 heavy (non-hydrogen) atoms. The van der Waals surface area contributed by atoms with Gasteiger partial charge < -0.3 is 5.32 Å². The molecule has 1 aliphatic rings. The molecule has 1 aliphatic carbocycles. The lowest BCUT2D eigenvalue weighted by atomic mass is 10.00. The van der Waals surface area contributed by atoms with Crippen LogP contribution in [-0.2, 0) is 10.8 Å². The summed E-state index contributed by atoms with van der Waals surface area (Å²) in [4.78, 5) is 0. The fourth-order valence-corrected chi connectivity index (χ4v) is 3.96. The first-order valence-corrected chi connectivity index (χ1v) is 8.17. The Labute approximate surface area is 103 Å². The van der Waals surface area contributed by atoms with Crippen LogP contribution in [0.25, 0.3) is 0 Å². The van der Waals surface area contributed by atoms with E-state index >= 15 is 0 Å². The van der Waals surface area contributed by atoms with E-state index in [2.05, 4.69) is 26.1 Å². The average molecular weight is 245 g/mol. The molecule has 1 rings (SSSR count). The maximum atomic E-state index is 12.1. The zero-order valence-electron chi connectivity index (χ0n) is 11.0. The van der Waals surface area contributed by atoms with Gasteiger partial charge in [-0.1, -0.05) is 33.6 Å². The molecule has 3 heteroatoms. The van der Waals surface area contributed by atoms with Crippen LogP contribution < -0.4 is 5.32 Å². The molecule has 96 valence electrons. The van der Waals surface area contributed by atoms with Crippen LogP contribution in [0.1, 0.15) is 52.9 Å².